The molecule has 1 aromatic rings. The molecule has 0 radical (unpaired) electrons. The van der Waals surface area contributed by atoms with Gasteiger partial charge >= 0.3 is 12.2 Å². The first-order valence-corrected chi connectivity index (χ1v) is 8.16. The van der Waals surface area contributed by atoms with Crippen molar-refractivity contribution in [3.8, 4) is 0 Å². The van der Waals surface area contributed by atoms with Crippen molar-refractivity contribution in [2.45, 2.75) is 19.1 Å². The number of urea groups is 1. The third-order valence-electron chi connectivity index (χ3n) is 3.67. The number of hydrogen-bond donors (Lipinski definition) is 2. The average Bonchev–Trinajstić information content (AvgIpc) is 2.88. The summed E-state index contributed by atoms with van der Waals surface area (Å²) in [6.45, 7) is 0.699. The predicted octanol–water partition coefficient (Wildman–Crippen LogP) is 3.13. The van der Waals surface area contributed by atoms with Crippen LogP contribution in [0.25, 0.3) is 0 Å². The van der Waals surface area contributed by atoms with Gasteiger partial charge in [-0.25, -0.2) is 4.79 Å². The number of benzene rings is 1. The summed E-state index contributed by atoms with van der Waals surface area (Å²) in [5.41, 5.74) is 0.965. The minimum Gasteiger partial charge on any atom is -0.338 e. The van der Waals surface area contributed by atoms with Crippen molar-refractivity contribution in [2.75, 3.05) is 26.2 Å². The lowest BCUT2D eigenvalue weighted by atomic mass is 10.1. The molecule has 1 aliphatic heterocycles. The van der Waals surface area contributed by atoms with Crippen molar-refractivity contribution >= 4 is 22.0 Å². The van der Waals surface area contributed by atoms with Crippen molar-refractivity contribution < 1.29 is 18.0 Å². The molecule has 0 aliphatic carbocycles. The second-order valence-corrected chi connectivity index (χ2v) is 6.61. The van der Waals surface area contributed by atoms with Gasteiger partial charge in [0.1, 0.15) is 0 Å². The number of carbonyl (C=O) groups excluding carboxylic acids is 1. The zero-order valence-corrected chi connectivity index (χ0v) is 14.1. The van der Waals surface area contributed by atoms with Gasteiger partial charge in [0.2, 0.25) is 0 Å². The summed E-state index contributed by atoms with van der Waals surface area (Å²) in [6, 6.07) is 7.28. The van der Waals surface area contributed by atoms with Crippen LogP contribution in [0.1, 0.15) is 12.0 Å². The smallest absolute Gasteiger partial charge is 0.338 e. The fourth-order valence-corrected chi connectivity index (χ4v) is 3.05. The Labute approximate surface area is 141 Å². The van der Waals surface area contributed by atoms with Crippen molar-refractivity contribution in [1.82, 2.24) is 15.5 Å². The first kappa shape index (κ1) is 18.1. The highest BCUT2D eigenvalue weighted by atomic mass is 79.9. The van der Waals surface area contributed by atoms with Gasteiger partial charge in [-0.1, -0.05) is 28.1 Å². The van der Waals surface area contributed by atoms with Crippen LogP contribution >= 0.6 is 15.9 Å². The number of nitrogens with zero attached hydrogens (tertiary/aromatic N) is 1. The van der Waals surface area contributed by atoms with Crippen LogP contribution in [0.5, 0.6) is 0 Å². The Morgan fingerprint density at radius 3 is 2.83 bits per heavy atom. The number of hydrogen-bond acceptors (Lipinski definition) is 2. The van der Waals surface area contributed by atoms with Crippen LogP contribution in [0, 0.1) is 5.92 Å². The summed E-state index contributed by atoms with van der Waals surface area (Å²) in [5.74, 6) is 0.0639. The monoisotopic (exact) mass is 393 g/mol. The van der Waals surface area contributed by atoms with E-state index in [0.717, 1.165) is 10.0 Å². The van der Waals surface area contributed by atoms with E-state index in [1.807, 2.05) is 24.3 Å². The molecule has 2 N–H and O–H groups in total. The fourth-order valence-electron chi connectivity index (χ4n) is 2.61. The lowest BCUT2D eigenvalue weighted by molar-refractivity contribution is -0.143. The van der Waals surface area contributed by atoms with Crippen molar-refractivity contribution in [1.29, 1.82) is 0 Å². The number of likely N-dealkylation sites (tertiary alicyclic amines) is 1. The summed E-state index contributed by atoms with van der Waals surface area (Å²) >= 11 is 3.36. The molecular weight excluding hydrogens is 375 g/mol. The maximum absolute atomic E-state index is 12.3. The first-order chi connectivity index (χ1) is 10.8. The van der Waals surface area contributed by atoms with Crippen LogP contribution in [0.4, 0.5) is 18.0 Å². The molecule has 2 amide bonds. The van der Waals surface area contributed by atoms with Crippen LogP contribution in [0.15, 0.2) is 28.7 Å². The lowest BCUT2D eigenvalue weighted by Crippen LogP contribution is -2.39. The Bertz CT molecular complexity index is 539. The first-order valence-electron chi connectivity index (χ1n) is 7.37. The van der Waals surface area contributed by atoms with Crippen LogP contribution in [0.2, 0.25) is 0 Å². The Morgan fingerprint density at radius 1 is 1.35 bits per heavy atom. The highest BCUT2D eigenvalue weighted by Crippen LogP contribution is 2.22. The molecule has 4 nitrogen and oxygen atoms in total. The van der Waals surface area contributed by atoms with E-state index in [9.17, 15) is 18.0 Å². The molecule has 0 unspecified atom stereocenters. The van der Waals surface area contributed by atoms with Crippen molar-refractivity contribution in [2.24, 2.45) is 5.92 Å². The van der Waals surface area contributed by atoms with Gasteiger partial charge in [-0.2, -0.15) is 13.2 Å². The van der Waals surface area contributed by atoms with E-state index in [1.165, 1.54) is 4.90 Å². The van der Waals surface area contributed by atoms with E-state index in [-0.39, 0.29) is 11.9 Å². The molecule has 0 saturated carbocycles. The average molecular weight is 394 g/mol. The van der Waals surface area contributed by atoms with Gasteiger partial charge in [0.25, 0.3) is 0 Å². The molecule has 0 aromatic heterocycles. The molecule has 2 rings (SSSR count). The molecule has 1 saturated heterocycles. The zero-order chi connectivity index (χ0) is 16.9. The van der Waals surface area contributed by atoms with E-state index in [2.05, 4.69) is 26.6 Å². The molecule has 1 aliphatic rings. The van der Waals surface area contributed by atoms with E-state index in [1.54, 1.807) is 0 Å². The standard InChI is InChI=1S/C15H19BrF3N3O/c16-13-3-1-2-11(6-13)7-20-14(23)21-8-12-4-5-22(9-12)10-15(17,18)19/h1-3,6,12H,4-5,7-10H2,(H2,20,21,23)/t12-/m1/s1. The Kier molecular flexibility index (Phi) is 6.29. The summed E-state index contributed by atoms with van der Waals surface area (Å²) in [4.78, 5) is 13.1. The molecule has 128 valence electrons. The molecule has 1 atom stereocenters. The highest BCUT2D eigenvalue weighted by molar-refractivity contribution is 9.10. The third-order valence-corrected chi connectivity index (χ3v) is 4.16. The normalized spacial score (nSPS) is 18.9. The van der Waals surface area contributed by atoms with Gasteiger partial charge in [-0.05, 0) is 36.6 Å². The van der Waals surface area contributed by atoms with Gasteiger partial charge < -0.3 is 10.6 Å². The van der Waals surface area contributed by atoms with Crippen molar-refractivity contribution in [3.63, 3.8) is 0 Å². The number of amides is 2. The number of halogens is 4. The summed E-state index contributed by atoms with van der Waals surface area (Å²) in [7, 11) is 0. The maximum atomic E-state index is 12.3. The second-order valence-electron chi connectivity index (χ2n) is 5.70. The summed E-state index contributed by atoms with van der Waals surface area (Å²) in [6.07, 6.45) is -3.49. The number of carbonyl (C=O) groups is 1. The van der Waals surface area contributed by atoms with Gasteiger partial charge in [-0.15, -0.1) is 0 Å². The topological polar surface area (TPSA) is 44.4 Å². The molecular formula is C15H19BrF3N3O. The predicted molar refractivity (Wildman–Crippen MR) is 85.0 cm³/mol. The van der Waals surface area contributed by atoms with E-state index < -0.39 is 12.7 Å². The molecule has 0 bridgehead atoms. The highest BCUT2D eigenvalue weighted by Gasteiger charge is 2.34. The molecule has 0 spiro atoms. The van der Waals surface area contributed by atoms with Gasteiger partial charge in [0.05, 0.1) is 6.54 Å². The second kappa shape index (κ2) is 8.01. The largest absolute Gasteiger partial charge is 0.401 e. The molecule has 1 heterocycles. The number of rotatable bonds is 5. The van der Waals surface area contributed by atoms with Crippen LogP contribution in [-0.4, -0.2) is 43.3 Å². The van der Waals surface area contributed by atoms with Gasteiger partial charge in [0, 0.05) is 24.1 Å². The van der Waals surface area contributed by atoms with Crippen molar-refractivity contribution in [3.05, 3.63) is 34.3 Å². The summed E-state index contributed by atoms with van der Waals surface area (Å²) < 4.78 is 37.9. The van der Waals surface area contributed by atoms with E-state index in [0.29, 0.717) is 32.6 Å². The number of nitrogens with one attached hydrogen (secondary N) is 2. The Hall–Kier alpha value is -1.28. The van der Waals surface area contributed by atoms with E-state index in [4.69, 9.17) is 0 Å². The molecule has 23 heavy (non-hydrogen) atoms. The van der Waals surface area contributed by atoms with Crippen LogP contribution < -0.4 is 10.6 Å². The lowest BCUT2D eigenvalue weighted by Gasteiger charge is -2.18. The van der Waals surface area contributed by atoms with Crippen LogP contribution in [0.3, 0.4) is 0 Å². The van der Waals surface area contributed by atoms with Gasteiger partial charge in [0.15, 0.2) is 0 Å². The molecule has 1 fully saturated rings. The Morgan fingerprint density at radius 2 is 2.13 bits per heavy atom. The quantitative estimate of drug-likeness (QED) is 0.806. The minimum absolute atomic E-state index is 0.0639. The summed E-state index contributed by atoms with van der Waals surface area (Å²) in [5, 5.41) is 5.46. The fraction of sp³-hybridized carbons (Fsp3) is 0.533. The van der Waals surface area contributed by atoms with E-state index >= 15 is 0 Å². The number of alkyl halides is 3. The molecule has 8 heteroatoms. The van der Waals surface area contributed by atoms with Crippen LogP contribution in [-0.2, 0) is 6.54 Å². The Balaban J connectivity index is 1.65. The SMILES string of the molecule is O=C(NCc1cccc(Br)c1)NC[C@H]1CCN(CC(F)(F)F)C1. The maximum Gasteiger partial charge on any atom is 0.401 e. The minimum atomic E-state index is -4.16. The van der Waals surface area contributed by atoms with Gasteiger partial charge in [-0.3, -0.25) is 4.90 Å². The third kappa shape index (κ3) is 6.78. The zero-order valence-electron chi connectivity index (χ0n) is 12.5. The molecule has 1 aromatic carbocycles.